The molecule has 41 heavy (non-hydrogen) atoms. The van der Waals surface area contributed by atoms with E-state index >= 15 is 0 Å². The summed E-state index contributed by atoms with van der Waals surface area (Å²) in [6.07, 6.45) is 13.2. The van der Waals surface area contributed by atoms with Crippen LogP contribution in [-0.4, -0.2) is 44.9 Å². The molecule has 1 fully saturated rings. The van der Waals surface area contributed by atoms with Crippen LogP contribution in [0.4, 0.5) is 17.1 Å². The lowest BCUT2D eigenvalue weighted by Crippen LogP contribution is -2.30. The predicted molar refractivity (Wildman–Crippen MR) is 168 cm³/mol. The molecule has 2 N–H and O–H groups in total. The number of carbonyl (C=O) groups is 1. The minimum atomic E-state index is -0.0841. The quantitative estimate of drug-likeness (QED) is 0.221. The second kappa shape index (κ2) is 12.2. The summed E-state index contributed by atoms with van der Waals surface area (Å²) in [4.78, 5) is 29.1. The predicted octanol–water partition coefficient (Wildman–Crippen LogP) is 7.48. The van der Waals surface area contributed by atoms with Crippen LogP contribution in [0.5, 0.6) is 0 Å². The van der Waals surface area contributed by atoms with Gasteiger partial charge in [0.1, 0.15) is 5.69 Å². The molecule has 0 bridgehead atoms. The Hall–Kier alpha value is -4.07. The van der Waals surface area contributed by atoms with E-state index in [0.29, 0.717) is 12.1 Å². The number of aromatic amines is 1. The average molecular weight is 552 g/mol. The fourth-order valence-electron chi connectivity index (χ4n) is 5.54. The summed E-state index contributed by atoms with van der Waals surface area (Å²) in [6, 6.07) is 8.18. The van der Waals surface area contributed by atoms with E-state index in [-0.39, 0.29) is 11.3 Å². The van der Waals surface area contributed by atoms with Crippen LogP contribution in [-0.2, 0) is 11.2 Å². The SMILES string of the molecule is CCC(=Nc1cncc(N2CCCCC2)c1CC)c1n[nH]c2ccc(-c3cncc(NC(=O)CC(C)(C)C)c3)cc12. The van der Waals surface area contributed by atoms with Gasteiger partial charge in [0.25, 0.3) is 0 Å². The minimum Gasteiger partial charge on any atom is -0.370 e. The second-order valence-electron chi connectivity index (χ2n) is 12.1. The highest BCUT2D eigenvalue weighted by molar-refractivity contribution is 6.10. The molecular weight excluding hydrogens is 510 g/mol. The number of fused-ring (bicyclic) bond motifs is 1. The third-order valence-corrected chi connectivity index (χ3v) is 7.54. The van der Waals surface area contributed by atoms with Crippen molar-refractivity contribution >= 4 is 39.6 Å². The molecule has 0 unspecified atom stereocenters. The van der Waals surface area contributed by atoms with Gasteiger partial charge in [-0.25, -0.2) is 4.99 Å². The molecule has 5 rings (SSSR count). The summed E-state index contributed by atoms with van der Waals surface area (Å²) < 4.78 is 0. The highest BCUT2D eigenvalue weighted by Crippen LogP contribution is 2.33. The van der Waals surface area contributed by atoms with Crippen LogP contribution in [0.3, 0.4) is 0 Å². The number of rotatable bonds is 8. The Labute approximate surface area is 242 Å². The fourth-order valence-corrected chi connectivity index (χ4v) is 5.54. The Morgan fingerprint density at radius 1 is 1.00 bits per heavy atom. The molecular formula is C33H41N7O. The molecule has 1 aliphatic rings. The monoisotopic (exact) mass is 551 g/mol. The van der Waals surface area contributed by atoms with Crippen LogP contribution in [0, 0.1) is 5.41 Å². The summed E-state index contributed by atoms with van der Waals surface area (Å²) in [7, 11) is 0. The smallest absolute Gasteiger partial charge is 0.224 e. The summed E-state index contributed by atoms with van der Waals surface area (Å²) >= 11 is 0. The number of H-pyrrole nitrogens is 1. The number of hydrogen-bond acceptors (Lipinski definition) is 6. The first-order chi connectivity index (χ1) is 19.8. The van der Waals surface area contributed by atoms with Crippen molar-refractivity contribution in [3.05, 3.63) is 60.3 Å². The largest absolute Gasteiger partial charge is 0.370 e. The Morgan fingerprint density at radius 3 is 2.51 bits per heavy atom. The fraction of sp³-hybridized carbons (Fsp3) is 0.424. The number of nitrogens with one attached hydrogen (secondary N) is 2. The molecule has 1 aromatic carbocycles. The van der Waals surface area contributed by atoms with Crippen LogP contribution < -0.4 is 10.2 Å². The number of nitrogens with zero attached hydrogens (tertiary/aromatic N) is 5. The van der Waals surface area contributed by atoms with E-state index in [1.54, 1.807) is 6.20 Å². The number of benzene rings is 1. The van der Waals surface area contributed by atoms with Gasteiger partial charge >= 0.3 is 0 Å². The standard InChI is InChI=1S/C33H41N7O/c1-6-25-29(20-35-21-30(25)40-13-9-8-10-14-40)37-27(7-2)32-26-16-22(11-12-28(26)38-39-32)23-15-24(19-34-18-23)36-31(41)17-33(3,4)5/h11-12,15-16,18-21H,6-10,13-14,17H2,1-5H3,(H,36,41)(H,38,39). The first-order valence-corrected chi connectivity index (χ1v) is 14.8. The van der Waals surface area contributed by atoms with E-state index in [1.807, 2.05) is 36.8 Å². The maximum absolute atomic E-state index is 12.5. The number of pyridine rings is 2. The van der Waals surface area contributed by atoms with Crippen LogP contribution in [0.25, 0.3) is 22.0 Å². The van der Waals surface area contributed by atoms with Crippen molar-refractivity contribution in [2.45, 2.75) is 73.1 Å². The first kappa shape index (κ1) is 28.5. The van der Waals surface area contributed by atoms with Gasteiger partial charge in [-0.05, 0) is 61.3 Å². The molecule has 0 aliphatic carbocycles. The van der Waals surface area contributed by atoms with Crippen LogP contribution >= 0.6 is 0 Å². The molecule has 214 valence electrons. The first-order valence-electron chi connectivity index (χ1n) is 14.8. The topological polar surface area (TPSA) is 99.2 Å². The van der Waals surface area contributed by atoms with Crippen molar-refractivity contribution in [3.8, 4) is 11.1 Å². The normalized spacial score (nSPS) is 14.5. The minimum absolute atomic E-state index is 0.0156. The number of aromatic nitrogens is 4. The van der Waals surface area contributed by atoms with Gasteiger partial charge in [-0.15, -0.1) is 0 Å². The van der Waals surface area contributed by atoms with E-state index in [9.17, 15) is 4.79 Å². The highest BCUT2D eigenvalue weighted by atomic mass is 16.1. The van der Waals surface area contributed by atoms with E-state index in [0.717, 1.165) is 65.1 Å². The molecule has 0 spiro atoms. The molecule has 8 nitrogen and oxygen atoms in total. The van der Waals surface area contributed by atoms with E-state index < -0.39 is 0 Å². The van der Waals surface area contributed by atoms with Crippen molar-refractivity contribution in [3.63, 3.8) is 0 Å². The van der Waals surface area contributed by atoms with Gasteiger partial charge in [-0.2, -0.15) is 5.10 Å². The number of piperidine rings is 1. The van der Waals surface area contributed by atoms with Crippen molar-refractivity contribution in [1.29, 1.82) is 0 Å². The van der Waals surface area contributed by atoms with E-state index in [1.165, 1.54) is 30.5 Å². The summed E-state index contributed by atoms with van der Waals surface area (Å²) in [5.74, 6) is -0.0156. The van der Waals surface area contributed by atoms with Gasteiger partial charge in [0, 0.05) is 42.2 Å². The van der Waals surface area contributed by atoms with Crippen molar-refractivity contribution in [2.24, 2.45) is 10.4 Å². The Morgan fingerprint density at radius 2 is 1.78 bits per heavy atom. The third kappa shape index (κ3) is 6.64. The van der Waals surface area contributed by atoms with E-state index in [4.69, 9.17) is 10.1 Å². The van der Waals surface area contributed by atoms with Crippen LogP contribution in [0.2, 0.25) is 0 Å². The van der Waals surface area contributed by atoms with Crippen LogP contribution in [0.15, 0.2) is 54.0 Å². The van der Waals surface area contributed by atoms with Gasteiger partial charge in [-0.3, -0.25) is 19.9 Å². The van der Waals surface area contributed by atoms with Crippen LogP contribution in [0.1, 0.15) is 78.0 Å². The molecule has 0 saturated carbocycles. The molecule has 1 saturated heterocycles. The van der Waals surface area contributed by atoms with Gasteiger partial charge in [0.2, 0.25) is 5.91 Å². The Kier molecular flexibility index (Phi) is 8.47. The maximum Gasteiger partial charge on any atom is 0.224 e. The lowest BCUT2D eigenvalue weighted by molar-refractivity contribution is -0.117. The number of carbonyl (C=O) groups excluding carboxylic acids is 1. The van der Waals surface area contributed by atoms with Crippen molar-refractivity contribution in [1.82, 2.24) is 20.2 Å². The van der Waals surface area contributed by atoms with E-state index in [2.05, 4.69) is 66.0 Å². The summed E-state index contributed by atoms with van der Waals surface area (Å²) in [5.41, 5.74) is 8.61. The highest BCUT2D eigenvalue weighted by Gasteiger charge is 2.19. The molecule has 4 heterocycles. The second-order valence-corrected chi connectivity index (χ2v) is 12.1. The summed E-state index contributed by atoms with van der Waals surface area (Å²) in [6.45, 7) is 12.6. The van der Waals surface area contributed by atoms with Gasteiger partial charge in [-0.1, -0.05) is 40.7 Å². The lowest BCUT2D eigenvalue weighted by atomic mass is 9.92. The third-order valence-electron chi connectivity index (χ3n) is 7.54. The number of anilines is 2. The molecule has 1 aliphatic heterocycles. The van der Waals surface area contributed by atoms with Crippen molar-refractivity contribution in [2.75, 3.05) is 23.3 Å². The number of hydrogen-bond donors (Lipinski definition) is 2. The molecule has 4 aromatic rings. The van der Waals surface area contributed by atoms with Gasteiger partial charge in [0.05, 0.1) is 46.9 Å². The van der Waals surface area contributed by atoms with Gasteiger partial charge in [0.15, 0.2) is 0 Å². The Balaban J connectivity index is 1.48. The number of aliphatic imine (C=N–C) groups is 1. The van der Waals surface area contributed by atoms with Gasteiger partial charge < -0.3 is 10.2 Å². The molecule has 0 radical (unpaired) electrons. The summed E-state index contributed by atoms with van der Waals surface area (Å²) in [5, 5.41) is 11.9. The molecule has 3 aromatic heterocycles. The zero-order chi connectivity index (χ0) is 29.0. The molecule has 0 atom stereocenters. The number of amides is 1. The maximum atomic E-state index is 12.5. The molecule has 1 amide bonds. The average Bonchev–Trinajstić information content (AvgIpc) is 3.38. The molecule has 8 heteroatoms. The zero-order valence-electron chi connectivity index (χ0n) is 24.9. The lowest BCUT2D eigenvalue weighted by Gasteiger charge is -2.30. The Bertz CT molecular complexity index is 1560. The zero-order valence-corrected chi connectivity index (χ0v) is 24.9. The van der Waals surface area contributed by atoms with Crippen molar-refractivity contribution < 1.29 is 4.79 Å².